The second-order valence-corrected chi connectivity index (χ2v) is 6.41. The molecule has 0 fully saturated rings. The zero-order valence-corrected chi connectivity index (χ0v) is 14.5. The molecule has 0 aliphatic rings. The number of aromatic nitrogens is 1. The topological polar surface area (TPSA) is 89.0 Å². The first-order valence-electron chi connectivity index (χ1n) is 6.92. The van der Waals surface area contributed by atoms with Crippen LogP contribution in [0.1, 0.15) is 26.3 Å². The van der Waals surface area contributed by atoms with Gasteiger partial charge in [0.1, 0.15) is 11.6 Å². The van der Waals surface area contributed by atoms with Crippen LogP contribution in [0.5, 0.6) is 5.88 Å². The van der Waals surface area contributed by atoms with Gasteiger partial charge in [-0.15, -0.1) is 0 Å². The predicted molar refractivity (Wildman–Crippen MR) is 84.9 cm³/mol. The normalized spacial score (nSPS) is 12.4. The molecule has 1 rings (SSSR count). The second kappa shape index (κ2) is 7.50. The van der Waals surface area contributed by atoms with Crippen molar-refractivity contribution in [2.45, 2.75) is 38.8 Å². The molecule has 0 aliphatic heterocycles. The van der Waals surface area contributed by atoms with E-state index in [1.807, 2.05) is 0 Å². The summed E-state index contributed by atoms with van der Waals surface area (Å²) >= 11 is 5.90. The molecule has 1 aromatic rings. The van der Waals surface area contributed by atoms with Crippen molar-refractivity contribution in [3.05, 3.63) is 22.8 Å². The number of hydrogen-bond acceptors (Lipinski definition) is 5. The van der Waals surface area contributed by atoms with Crippen molar-refractivity contribution in [2.75, 3.05) is 14.2 Å². The molecule has 8 heteroatoms. The third kappa shape index (κ3) is 5.59. The number of carbonyl (C=O) groups excluding carboxylic acids is 1. The van der Waals surface area contributed by atoms with Crippen LogP contribution < -0.4 is 4.74 Å². The second-order valence-electron chi connectivity index (χ2n) is 5.97. The highest BCUT2D eigenvalue weighted by Crippen LogP contribution is 2.22. The number of rotatable bonds is 5. The highest BCUT2D eigenvalue weighted by atomic mass is 35.5. The smallest absolute Gasteiger partial charge is 0.410 e. The average molecular weight is 345 g/mol. The number of hydrogen-bond donors (Lipinski definition) is 1. The molecule has 0 spiro atoms. The largest absolute Gasteiger partial charge is 0.481 e. The first kappa shape index (κ1) is 19.0. The van der Waals surface area contributed by atoms with Gasteiger partial charge >= 0.3 is 12.1 Å². The van der Waals surface area contributed by atoms with Gasteiger partial charge in [0.25, 0.3) is 0 Å². The van der Waals surface area contributed by atoms with E-state index in [0.29, 0.717) is 10.6 Å². The number of nitrogens with zero attached hydrogens (tertiary/aromatic N) is 2. The molecule has 0 bridgehead atoms. The van der Waals surface area contributed by atoms with Gasteiger partial charge in [-0.05, 0) is 26.8 Å². The molecule has 1 heterocycles. The van der Waals surface area contributed by atoms with Gasteiger partial charge in [0.05, 0.1) is 12.1 Å². The van der Waals surface area contributed by atoms with Gasteiger partial charge in [-0.25, -0.2) is 14.6 Å². The van der Waals surface area contributed by atoms with Gasteiger partial charge in [-0.1, -0.05) is 11.6 Å². The van der Waals surface area contributed by atoms with Crippen LogP contribution in [0.15, 0.2) is 12.3 Å². The minimum atomic E-state index is -1.17. The van der Waals surface area contributed by atoms with Gasteiger partial charge in [0, 0.05) is 25.2 Å². The molecule has 1 aromatic heterocycles. The number of methoxy groups -OCH3 is 1. The Hall–Kier alpha value is -2.02. The highest BCUT2D eigenvalue weighted by Gasteiger charge is 2.31. The Morgan fingerprint density at radius 3 is 2.52 bits per heavy atom. The van der Waals surface area contributed by atoms with E-state index in [1.54, 1.807) is 26.8 Å². The third-order valence-corrected chi connectivity index (χ3v) is 3.14. The molecule has 0 radical (unpaired) electrons. The van der Waals surface area contributed by atoms with Gasteiger partial charge < -0.3 is 14.6 Å². The maximum Gasteiger partial charge on any atom is 0.410 e. The summed E-state index contributed by atoms with van der Waals surface area (Å²) in [5.41, 5.74) is -0.230. The van der Waals surface area contributed by atoms with E-state index < -0.39 is 23.7 Å². The molecular formula is C15H21ClN2O5. The van der Waals surface area contributed by atoms with Gasteiger partial charge in [0.15, 0.2) is 0 Å². The first-order valence-corrected chi connectivity index (χ1v) is 7.30. The van der Waals surface area contributed by atoms with E-state index in [2.05, 4.69) is 4.98 Å². The molecule has 23 heavy (non-hydrogen) atoms. The Labute approximate surface area is 140 Å². The number of likely N-dealkylation sites (N-methyl/N-ethyl adjacent to an activating group) is 1. The summed E-state index contributed by atoms with van der Waals surface area (Å²) in [7, 11) is 2.80. The number of carboxylic acid groups (broad SMARTS) is 1. The molecule has 0 aromatic carbocycles. The lowest BCUT2D eigenvalue weighted by Crippen LogP contribution is -2.46. The molecule has 1 atom stereocenters. The SMILES string of the molecule is COc1ncc(Cl)cc1C[C@@H](C(=O)O)N(C)C(=O)OC(C)(C)C. The fraction of sp³-hybridized carbons (Fsp3) is 0.533. The number of carbonyl (C=O) groups is 2. The molecule has 1 N–H and O–H groups in total. The van der Waals surface area contributed by atoms with Crippen LogP contribution >= 0.6 is 11.6 Å². The molecule has 128 valence electrons. The van der Waals surface area contributed by atoms with Crippen LogP contribution in [-0.4, -0.2) is 52.9 Å². The average Bonchev–Trinajstić information content (AvgIpc) is 2.42. The van der Waals surface area contributed by atoms with Gasteiger partial charge in [-0.3, -0.25) is 4.90 Å². The number of halogens is 1. The van der Waals surface area contributed by atoms with E-state index in [9.17, 15) is 14.7 Å². The summed E-state index contributed by atoms with van der Waals surface area (Å²) < 4.78 is 10.3. The molecule has 0 aliphatic carbocycles. The highest BCUT2D eigenvalue weighted by molar-refractivity contribution is 6.30. The minimum absolute atomic E-state index is 0.0121. The van der Waals surface area contributed by atoms with Crippen LogP contribution in [0.4, 0.5) is 4.79 Å². The molecular weight excluding hydrogens is 324 g/mol. The van der Waals surface area contributed by atoms with Crippen molar-refractivity contribution in [2.24, 2.45) is 0 Å². The summed E-state index contributed by atoms with van der Waals surface area (Å²) in [6.07, 6.45) is 0.665. The zero-order valence-electron chi connectivity index (χ0n) is 13.8. The van der Waals surface area contributed by atoms with Crippen LogP contribution in [0, 0.1) is 0 Å². The monoisotopic (exact) mass is 344 g/mol. The van der Waals surface area contributed by atoms with Crippen molar-refractivity contribution in [1.82, 2.24) is 9.88 Å². The number of aliphatic carboxylic acids is 1. The maximum atomic E-state index is 12.1. The Bertz CT molecular complexity index is 586. The third-order valence-electron chi connectivity index (χ3n) is 2.93. The van der Waals surface area contributed by atoms with E-state index in [-0.39, 0.29) is 12.3 Å². The summed E-state index contributed by atoms with van der Waals surface area (Å²) in [4.78, 5) is 28.7. The number of amides is 1. The summed E-state index contributed by atoms with van der Waals surface area (Å²) in [5.74, 6) is -0.904. The lowest BCUT2D eigenvalue weighted by molar-refractivity contribution is -0.142. The van der Waals surface area contributed by atoms with Crippen LogP contribution in [0.25, 0.3) is 0 Å². The number of carboxylic acids is 1. The lowest BCUT2D eigenvalue weighted by Gasteiger charge is -2.28. The van der Waals surface area contributed by atoms with Crippen molar-refractivity contribution >= 4 is 23.7 Å². The van der Waals surface area contributed by atoms with Gasteiger partial charge in [0.2, 0.25) is 5.88 Å². The Morgan fingerprint density at radius 1 is 1.43 bits per heavy atom. The quantitative estimate of drug-likeness (QED) is 0.883. The standard InChI is InChI=1S/C15H21ClN2O5/c1-15(2,3)23-14(21)18(4)11(13(19)20)7-9-6-10(16)8-17-12(9)22-5/h6,8,11H,7H2,1-5H3,(H,19,20)/t11-/m0/s1. The Morgan fingerprint density at radius 2 is 2.04 bits per heavy atom. The molecule has 0 unspecified atom stereocenters. The van der Waals surface area contributed by atoms with Gasteiger partial charge in [-0.2, -0.15) is 0 Å². The summed E-state index contributed by atoms with van der Waals surface area (Å²) in [6, 6.07) is 0.422. The molecule has 0 saturated carbocycles. The number of ether oxygens (including phenoxy) is 2. The minimum Gasteiger partial charge on any atom is -0.481 e. The van der Waals surface area contributed by atoms with Crippen molar-refractivity contribution in [3.8, 4) is 5.88 Å². The van der Waals surface area contributed by atoms with Crippen LogP contribution in [0.2, 0.25) is 5.02 Å². The Balaban J connectivity index is 3.02. The summed E-state index contributed by atoms with van der Waals surface area (Å²) in [6.45, 7) is 5.12. The zero-order chi connectivity index (χ0) is 17.8. The maximum absolute atomic E-state index is 12.1. The van der Waals surface area contributed by atoms with E-state index >= 15 is 0 Å². The predicted octanol–water partition coefficient (Wildman–Crippen LogP) is 2.61. The first-order chi connectivity index (χ1) is 10.5. The molecule has 0 saturated heterocycles. The van der Waals surface area contributed by atoms with Crippen molar-refractivity contribution in [3.63, 3.8) is 0 Å². The van der Waals surface area contributed by atoms with Crippen molar-refractivity contribution in [1.29, 1.82) is 0 Å². The fourth-order valence-corrected chi connectivity index (χ4v) is 2.04. The molecule has 7 nitrogen and oxygen atoms in total. The number of pyridine rings is 1. The van der Waals surface area contributed by atoms with E-state index in [4.69, 9.17) is 21.1 Å². The van der Waals surface area contributed by atoms with Crippen molar-refractivity contribution < 1.29 is 24.2 Å². The summed E-state index contributed by atoms with van der Waals surface area (Å²) in [5, 5.41) is 9.79. The van der Waals surface area contributed by atoms with E-state index in [0.717, 1.165) is 4.90 Å². The van der Waals surface area contributed by atoms with Crippen LogP contribution in [0.3, 0.4) is 0 Å². The van der Waals surface area contributed by atoms with Crippen LogP contribution in [-0.2, 0) is 16.0 Å². The lowest BCUT2D eigenvalue weighted by atomic mass is 10.1. The van der Waals surface area contributed by atoms with E-state index in [1.165, 1.54) is 20.4 Å². The Kier molecular flexibility index (Phi) is 6.20. The fourth-order valence-electron chi connectivity index (χ4n) is 1.86. The molecule has 1 amide bonds.